The Morgan fingerprint density at radius 2 is 1.52 bits per heavy atom. The first-order valence-electron chi connectivity index (χ1n) is 8.53. The molecular weight excluding hydrogens is 378 g/mol. The first-order valence-corrected chi connectivity index (χ1v) is 8.53. The summed E-state index contributed by atoms with van der Waals surface area (Å²) in [4.78, 5) is 22.2. The number of rotatable bonds is 5. The van der Waals surface area contributed by atoms with Crippen LogP contribution >= 0.6 is 0 Å². The Labute approximate surface area is 166 Å². The predicted molar refractivity (Wildman–Crippen MR) is 108 cm³/mol. The Kier molecular flexibility index (Phi) is 6.50. The van der Waals surface area contributed by atoms with E-state index in [1.54, 1.807) is 26.0 Å². The number of nitrogens with one attached hydrogen (secondary N) is 2. The van der Waals surface area contributed by atoms with Gasteiger partial charge in [0.25, 0.3) is 0 Å². The van der Waals surface area contributed by atoms with Crippen molar-refractivity contribution in [3.63, 3.8) is 0 Å². The molecule has 0 spiro atoms. The number of hydrogen-bond acceptors (Lipinski definition) is 7. The Balaban J connectivity index is 2.13. The number of amides is 2. The number of hydrogen-bond donors (Lipinski definition) is 4. The summed E-state index contributed by atoms with van der Waals surface area (Å²) in [6, 6.07) is 6.99. The maximum Gasteiger partial charge on any atom is 0.355 e. The summed E-state index contributed by atoms with van der Waals surface area (Å²) >= 11 is 0. The first-order chi connectivity index (χ1) is 13.6. The summed E-state index contributed by atoms with van der Waals surface area (Å²) in [6.45, 7) is 6.60. The molecule has 2 aromatic rings. The molecule has 0 atom stereocenters. The number of nitro groups is 1. The van der Waals surface area contributed by atoms with Crippen LogP contribution in [0.2, 0.25) is 0 Å². The smallest absolute Gasteiger partial charge is 0.355 e. The van der Waals surface area contributed by atoms with Crippen LogP contribution in [0.15, 0.2) is 40.5 Å². The number of nitro benzene ring substituents is 1. The number of aryl methyl sites for hydroxylation is 2. The highest BCUT2D eigenvalue weighted by atomic mass is 16.6. The molecule has 0 aromatic heterocycles. The summed E-state index contributed by atoms with van der Waals surface area (Å²) in [5.41, 5.74) is 6.62. The Hall–Kier alpha value is -3.95. The quantitative estimate of drug-likeness (QED) is 0.346. The fourth-order valence-electron chi connectivity index (χ4n) is 2.53. The normalized spacial score (nSPS) is 11.9. The molecule has 152 valence electrons. The van der Waals surface area contributed by atoms with Crippen molar-refractivity contribution in [1.82, 2.24) is 10.9 Å². The third-order valence-corrected chi connectivity index (χ3v) is 4.01. The lowest BCUT2D eigenvalue weighted by Gasteiger charge is -2.08. The van der Waals surface area contributed by atoms with Gasteiger partial charge < -0.3 is 10.2 Å². The minimum atomic E-state index is -0.766. The van der Waals surface area contributed by atoms with E-state index in [-0.39, 0.29) is 17.0 Å². The van der Waals surface area contributed by atoms with Crippen molar-refractivity contribution >= 4 is 23.1 Å². The summed E-state index contributed by atoms with van der Waals surface area (Å²) in [7, 11) is 0. The van der Waals surface area contributed by atoms with E-state index in [1.807, 2.05) is 6.92 Å². The number of phenols is 2. The van der Waals surface area contributed by atoms with Gasteiger partial charge in [0.05, 0.1) is 16.3 Å². The molecule has 0 bridgehead atoms. The summed E-state index contributed by atoms with van der Waals surface area (Å²) in [6.07, 6.45) is 0. The maximum absolute atomic E-state index is 11.9. The molecule has 2 amide bonds. The van der Waals surface area contributed by atoms with Gasteiger partial charge in [-0.05, 0) is 51.5 Å². The van der Waals surface area contributed by atoms with Crippen LogP contribution in [0.25, 0.3) is 0 Å². The van der Waals surface area contributed by atoms with Crippen molar-refractivity contribution in [2.24, 2.45) is 10.2 Å². The standard InChI is InChI=1S/C19H21N5O5/c1-10-5-6-17(25)14(7-10)12(3)20-22-19(27)23-21-13(4)15-8-11(2)9-16(18(15)26)24(28)29/h5-9,25-26H,1-4H3,(H2,22,23,27)/b20-12-,21-13-. The lowest BCUT2D eigenvalue weighted by atomic mass is 10.1. The zero-order chi connectivity index (χ0) is 21.7. The lowest BCUT2D eigenvalue weighted by molar-refractivity contribution is -0.385. The SMILES string of the molecule is C/C(=N/NC(=O)N/N=C(/C)c1cc(C)cc([N+](=O)[O-])c1O)c1cc(C)ccc1O. The molecule has 2 aromatic carbocycles. The molecule has 0 aliphatic rings. The number of urea groups is 1. The maximum atomic E-state index is 11.9. The van der Waals surface area contributed by atoms with E-state index in [0.717, 1.165) is 5.56 Å². The number of nitrogens with zero attached hydrogens (tertiary/aromatic N) is 3. The Bertz CT molecular complexity index is 1030. The minimum absolute atomic E-state index is 0.0319. The summed E-state index contributed by atoms with van der Waals surface area (Å²) in [5.74, 6) is -0.503. The molecule has 0 aliphatic carbocycles. The first kappa shape index (κ1) is 21.4. The largest absolute Gasteiger partial charge is 0.507 e. The van der Waals surface area contributed by atoms with E-state index in [2.05, 4.69) is 21.1 Å². The van der Waals surface area contributed by atoms with Crippen molar-refractivity contribution in [1.29, 1.82) is 0 Å². The minimum Gasteiger partial charge on any atom is -0.507 e. The van der Waals surface area contributed by atoms with Gasteiger partial charge in [0, 0.05) is 17.2 Å². The summed E-state index contributed by atoms with van der Waals surface area (Å²) < 4.78 is 0. The van der Waals surface area contributed by atoms with Gasteiger partial charge in [-0.3, -0.25) is 10.1 Å². The number of benzene rings is 2. The molecule has 0 saturated heterocycles. The molecule has 4 N–H and O–H groups in total. The van der Waals surface area contributed by atoms with Gasteiger partial charge in [0.2, 0.25) is 5.75 Å². The number of hydrazone groups is 2. The zero-order valence-electron chi connectivity index (χ0n) is 16.3. The highest BCUT2D eigenvalue weighted by Crippen LogP contribution is 2.31. The average molecular weight is 399 g/mol. The molecule has 0 aliphatic heterocycles. The molecule has 10 heteroatoms. The molecule has 10 nitrogen and oxygen atoms in total. The van der Waals surface area contributed by atoms with E-state index in [4.69, 9.17) is 0 Å². The third kappa shape index (κ3) is 5.28. The van der Waals surface area contributed by atoms with Gasteiger partial charge in [-0.1, -0.05) is 11.6 Å². The van der Waals surface area contributed by atoms with Crippen LogP contribution in [0, 0.1) is 24.0 Å². The van der Waals surface area contributed by atoms with E-state index in [9.17, 15) is 25.1 Å². The van der Waals surface area contributed by atoms with Gasteiger partial charge in [-0.15, -0.1) is 0 Å². The van der Waals surface area contributed by atoms with Crippen LogP contribution in [0.1, 0.15) is 36.1 Å². The van der Waals surface area contributed by atoms with E-state index in [1.165, 1.54) is 25.1 Å². The molecule has 2 rings (SSSR count). The number of carbonyl (C=O) groups excluding carboxylic acids is 1. The van der Waals surface area contributed by atoms with E-state index >= 15 is 0 Å². The second-order valence-corrected chi connectivity index (χ2v) is 6.41. The molecule has 0 fully saturated rings. The zero-order valence-corrected chi connectivity index (χ0v) is 16.3. The Morgan fingerprint density at radius 1 is 0.966 bits per heavy atom. The fourth-order valence-corrected chi connectivity index (χ4v) is 2.53. The molecular formula is C19H21N5O5. The van der Waals surface area contributed by atoms with Crippen molar-refractivity contribution in [3.05, 3.63) is 62.7 Å². The van der Waals surface area contributed by atoms with Crippen LogP contribution in [0.3, 0.4) is 0 Å². The Morgan fingerprint density at radius 3 is 2.10 bits per heavy atom. The predicted octanol–water partition coefficient (Wildman–Crippen LogP) is 3.07. The highest BCUT2D eigenvalue weighted by molar-refractivity contribution is 6.03. The van der Waals surface area contributed by atoms with Crippen LogP contribution in [-0.2, 0) is 0 Å². The number of carbonyl (C=O) groups is 1. The molecule has 0 heterocycles. The van der Waals surface area contributed by atoms with Crippen molar-refractivity contribution < 1.29 is 19.9 Å². The fraction of sp³-hybridized carbons (Fsp3) is 0.211. The van der Waals surface area contributed by atoms with E-state index in [0.29, 0.717) is 16.8 Å². The van der Waals surface area contributed by atoms with Gasteiger partial charge in [0.1, 0.15) is 5.75 Å². The highest BCUT2D eigenvalue weighted by Gasteiger charge is 2.19. The van der Waals surface area contributed by atoms with Gasteiger partial charge in [-0.25, -0.2) is 15.6 Å². The van der Waals surface area contributed by atoms with Crippen LogP contribution in [-0.4, -0.2) is 32.6 Å². The van der Waals surface area contributed by atoms with Crippen molar-refractivity contribution in [2.45, 2.75) is 27.7 Å². The number of phenolic OH excluding ortho intramolecular Hbond substituents is 2. The van der Waals surface area contributed by atoms with Crippen molar-refractivity contribution in [2.75, 3.05) is 0 Å². The average Bonchev–Trinajstić information content (AvgIpc) is 2.67. The number of aromatic hydroxyl groups is 2. The van der Waals surface area contributed by atoms with Crippen LogP contribution in [0.4, 0.5) is 10.5 Å². The molecule has 29 heavy (non-hydrogen) atoms. The topological polar surface area (TPSA) is 149 Å². The van der Waals surface area contributed by atoms with Gasteiger partial charge in [0.15, 0.2) is 0 Å². The van der Waals surface area contributed by atoms with Crippen LogP contribution in [0.5, 0.6) is 11.5 Å². The second kappa shape index (κ2) is 8.83. The molecule has 0 radical (unpaired) electrons. The second-order valence-electron chi connectivity index (χ2n) is 6.41. The van der Waals surface area contributed by atoms with Gasteiger partial charge in [-0.2, -0.15) is 10.2 Å². The monoisotopic (exact) mass is 399 g/mol. The molecule has 0 saturated carbocycles. The van der Waals surface area contributed by atoms with Crippen molar-refractivity contribution in [3.8, 4) is 11.5 Å². The van der Waals surface area contributed by atoms with Crippen LogP contribution < -0.4 is 10.9 Å². The van der Waals surface area contributed by atoms with E-state index < -0.39 is 22.4 Å². The third-order valence-electron chi connectivity index (χ3n) is 4.01. The molecule has 0 unspecified atom stereocenters. The van der Waals surface area contributed by atoms with Gasteiger partial charge >= 0.3 is 11.7 Å². The summed E-state index contributed by atoms with van der Waals surface area (Å²) in [5, 5.41) is 38.7. The lowest BCUT2D eigenvalue weighted by Crippen LogP contribution is -2.30.